The van der Waals surface area contributed by atoms with Crippen LogP contribution < -0.4 is 0 Å². The fourth-order valence-corrected chi connectivity index (χ4v) is 1.66. The summed E-state index contributed by atoms with van der Waals surface area (Å²) in [5.74, 6) is -0.683. The third-order valence-electron chi connectivity index (χ3n) is 1.43. The van der Waals surface area contributed by atoms with E-state index in [1.165, 1.54) is 11.3 Å². The van der Waals surface area contributed by atoms with Crippen molar-refractivity contribution in [2.45, 2.75) is 6.10 Å². The fraction of sp³-hybridized carbons (Fsp3) is 0.375. The van der Waals surface area contributed by atoms with E-state index in [1.54, 1.807) is 11.4 Å². The first-order chi connectivity index (χ1) is 6.25. The number of rotatable bonds is 5. The lowest BCUT2D eigenvalue weighted by Gasteiger charge is -2.10. The standard InChI is InChI=1S/C8H9ClO3S/c9-2-3-12-7(8(10)11)6-1-4-13-5-6/h1,4-5,7H,2-3H2,(H,10,11). The Kier molecular flexibility index (Phi) is 4.21. The predicted molar refractivity (Wildman–Crippen MR) is 51.4 cm³/mol. The molecule has 1 unspecified atom stereocenters. The molecule has 72 valence electrons. The Bertz CT molecular complexity index is 260. The molecule has 1 heterocycles. The van der Waals surface area contributed by atoms with Gasteiger partial charge in [-0.1, -0.05) is 0 Å². The number of carboxylic acids is 1. The van der Waals surface area contributed by atoms with E-state index in [2.05, 4.69) is 0 Å². The molecule has 3 nitrogen and oxygen atoms in total. The summed E-state index contributed by atoms with van der Waals surface area (Å²) in [5.41, 5.74) is 0.669. The van der Waals surface area contributed by atoms with Gasteiger partial charge in [0.15, 0.2) is 6.10 Å². The van der Waals surface area contributed by atoms with E-state index in [-0.39, 0.29) is 6.61 Å². The normalized spacial score (nSPS) is 12.7. The van der Waals surface area contributed by atoms with Gasteiger partial charge in [0, 0.05) is 11.4 Å². The molecule has 1 aromatic heterocycles. The first-order valence-electron chi connectivity index (χ1n) is 3.68. The van der Waals surface area contributed by atoms with Gasteiger partial charge >= 0.3 is 5.97 Å². The lowest BCUT2D eigenvalue weighted by Crippen LogP contribution is -2.15. The molecular formula is C8H9ClO3S. The zero-order valence-electron chi connectivity index (χ0n) is 6.77. The van der Waals surface area contributed by atoms with Crippen LogP contribution in [0, 0.1) is 0 Å². The van der Waals surface area contributed by atoms with Crippen molar-refractivity contribution in [3.63, 3.8) is 0 Å². The van der Waals surface area contributed by atoms with Gasteiger partial charge in [-0.2, -0.15) is 11.3 Å². The van der Waals surface area contributed by atoms with E-state index in [9.17, 15) is 4.79 Å². The summed E-state index contributed by atoms with van der Waals surface area (Å²) in [4.78, 5) is 10.7. The summed E-state index contributed by atoms with van der Waals surface area (Å²) in [7, 11) is 0. The molecule has 0 saturated carbocycles. The number of ether oxygens (including phenoxy) is 1. The van der Waals surface area contributed by atoms with Crippen LogP contribution in [0.1, 0.15) is 11.7 Å². The van der Waals surface area contributed by atoms with Gasteiger partial charge in [-0.15, -0.1) is 11.6 Å². The third kappa shape index (κ3) is 2.99. The molecule has 0 aliphatic heterocycles. The zero-order valence-corrected chi connectivity index (χ0v) is 8.35. The molecule has 13 heavy (non-hydrogen) atoms. The summed E-state index contributed by atoms with van der Waals surface area (Å²) in [6.07, 6.45) is -0.884. The second kappa shape index (κ2) is 5.21. The number of halogens is 1. The lowest BCUT2D eigenvalue weighted by atomic mass is 10.2. The van der Waals surface area contributed by atoms with Crippen molar-refractivity contribution in [2.24, 2.45) is 0 Å². The maximum atomic E-state index is 10.7. The molecule has 0 amide bonds. The number of hydrogen-bond acceptors (Lipinski definition) is 3. The number of thiophene rings is 1. The Hall–Kier alpha value is -0.580. The smallest absolute Gasteiger partial charge is 0.337 e. The minimum atomic E-state index is -0.983. The molecule has 5 heteroatoms. The van der Waals surface area contributed by atoms with E-state index in [4.69, 9.17) is 21.4 Å². The Balaban J connectivity index is 2.63. The monoisotopic (exact) mass is 220 g/mol. The van der Waals surface area contributed by atoms with Gasteiger partial charge in [0.1, 0.15) is 0 Å². The Morgan fingerprint density at radius 3 is 3.00 bits per heavy atom. The number of aliphatic carboxylic acids is 1. The fourth-order valence-electron chi connectivity index (χ4n) is 0.897. The topological polar surface area (TPSA) is 46.5 Å². The van der Waals surface area contributed by atoms with Gasteiger partial charge in [0.2, 0.25) is 0 Å². The molecule has 0 aliphatic carbocycles. The minimum absolute atomic E-state index is 0.244. The average molecular weight is 221 g/mol. The largest absolute Gasteiger partial charge is 0.479 e. The summed E-state index contributed by atoms with van der Waals surface area (Å²) >= 11 is 6.84. The molecule has 0 aromatic carbocycles. The Morgan fingerprint density at radius 2 is 2.54 bits per heavy atom. The highest BCUT2D eigenvalue weighted by Gasteiger charge is 2.20. The molecule has 0 fully saturated rings. The molecule has 1 atom stereocenters. The van der Waals surface area contributed by atoms with Crippen LogP contribution in [0.2, 0.25) is 0 Å². The number of carboxylic acid groups (broad SMARTS) is 1. The van der Waals surface area contributed by atoms with E-state index in [0.29, 0.717) is 11.4 Å². The van der Waals surface area contributed by atoms with Crippen molar-refractivity contribution >= 4 is 28.9 Å². The summed E-state index contributed by atoms with van der Waals surface area (Å²) < 4.78 is 5.07. The van der Waals surface area contributed by atoms with E-state index >= 15 is 0 Å². The van der Waals surface area contributed by atoms with Crippen LogP contribution in [-0.2, 0) is 9.53 Å². The minimum Gasteiger partial charge on any atom is -0.479 e. The van der Waals surface area contributed by atoms with Gasteiger partial charge in [-0.05, 0) is 16.8 Å². The highest BCUT2D eigenvalue weighted by molar-refractivity contribution is 7.08. The molecule has 1 aromatic rings. The SMILES string of the molecule is O=C(O)C(OCCCl)c1ccsc1. The van der Waals surface area contributed by atoms with E-state index in [1.807, 2.05) is 5.38 Å². The van der Waals surface area contributed by atoms with Crippen molar-refractivity contribution in [1.82, 2.24) is 0 Å². The molecule has 0 saturated heterocycles. The number of alkyl halides is 1. The van der Waals surface area contributed by atoms with Crippen LogP contribution in [0.4, 0.5) is 0 Å². The van der Waals surface area contributed by atoms with Crippen LogP contribution >= 0.6 is 22.9 Å². The van der Waals surface area contributed by atoms with Crippen LogP contribution in [0.5, 0.6) is 0 Å². The molecule has 0 radical (unpaired) electrons. The van der Waals surface area contributed by atoms with Crippen molar-refractivity contribution in [1.29, 1.82) is 0 Å². The molecule has 0 bridgehead atoms. The van der Waals surface area contributed by atoms with Crippen molar-refractivity contribution in [3.8, 4) is 0 Å². The maximum absolute atomic E-state index is 10.7. The summed E-state index contributed by atoms with van der Waals surface area (Å²) in [5, 5.41) is 12.4. The Labute approximate surface area is 84.9 Å². The van der Waals surface area contributed by atoms with Gasteiger partial charge in [-0.3, -0.25) is 0 Å². The number of hydrogen-bond donors (Lipinski definition) is 1. The van der Waals surface area contributed by atoms with Crippen LogP contribution in [0.15, 0.2) is 16.8 Å². The molecule has 0 aliphatic rings. The third-order valence-corrected chi connectivity index (χ3v) is 2.29. The van der Waals surface area contributed by atoms with Crippen molar-refractivity contribution < 1.29 is 14.6 Å². The van der Waals surface area contributed by atoms with Gasteiger partial charge < -0.3 is 9.84 Å². The highest BCUT2D eigenvalue weighted by Crippen LogP contribution is 2.20. The highest BCUT2D eigenvalue weighted by atomic mass is 35.5. The number of carbonyl (C=O) groups is 1. The van der Waals surface area contributed by atoms with Crippen LogP contribution in [0.25, 0.3) is 0 Å². The first kappa shape index (κ1) is 10.5. The van der Waals surface area contributed by atoms with Crippen LogP contribution in [-0.4, -0.2) is 23.6 Å². The summed E-state index contributed by atoms with van der Waals surface area (Å²) in [6, 6.07) is 1.73. The second-order valence-corrected chi connectivity index (χ2v) is 3.49. The Morgan fingerprint density at radius 1 is 1.77 bits per heavy atom. The molecule has 0 spiro atoms. The molecule has 1 N–H and O–H groups in total. The van der Waals surface area contributed by atoms with Crippen LogP contribution in [0.3, 0.4) is 0 Å². The van der Waals surface area contributed by atoms with Crippen molar-refractivity contribution in [2.75, 3.05) is 12.5 Å². The van der Waals surface area contributed by atoms with Crippen molar-refractivity contribution in [3.05, 3.63) is 22.4 Å². The lowest BCUT2D eigenvalue weighted by molar-refractivity contribution is -0.150. The van der Waals surface area contributed by atoms with Gasteiger partial charge in [-0.25, -0.2) is 4.79 Å². The average Bonchev–Trinajstić information content (AvgIpc) is 2.57. The van der Waals surface area contributed by atoms with Gasteiger partial charge in [0.05, 0.1) is 6.61 Å². The van der Waals surface area contributed by atoms with E-state index < -0.39 is 12.1 Å². The zero-order chi connectivity index (χ0) is 9.68. The molecule has 1 rings (SSSR count). The maximum Gasteiger partial charge on any atom is 0.337 e. The quantitative estimate of drug-likeness (QED) is 0.774. The summed E-state index contributed by atoms with van der Waals surface area (Å²) in [6.45, 7) is 0.244. The van der Waals surface area contributed by atoms with E-state index in [0.717, 1.165) is 0 Å². The van der Waals surface area contributed by atoms with Gasteiger partial charge in [0.25, 0.3) is 0 Å². The first-order valence-corrected chi connectivity index (χ1v) is 5.16. The predicted octanol–water partition coefficient (Wildman–Crippen LogP) is 2.13. The molecular weight excluding hydrogens is 212 g/mol. The second-order valence-electron chi connectivity index (χ2n) is 2.33.